The third kappa shape index (κ3) is 5.61. The van der Waals surface area contributed by atoms with E-state index in [1.54, 1.807) is 43.5 Å². The summed E-state index contributed by atoms with van der Waals surface area (Å²) in [5.41, 5.74) is 7.46. The van der Waals surface area contributed by atoms with Gasteiger partial charge in [-0.05, 0) is 54.9 Å². The monoisotopic (exact) mass is 341 g/mol. The summed E-state index contributed by atoms with van der Waals surface area (Å²) in [4.78, 5) is 24.0. The maximum absolute atomic E-state index is 12.1. The van der Waals surface area contributed by atoms with Crippen molar-refractivity contribution in [1.29, 1.82) is 0 Å². The average molecular weight is 341 g/mol. The Kier molecular flexibility index (Phi) is 6.98. The van der Waals surface area contributed by atoms with Crippen molar-refractivity contribution in [2.24, 2.45) is 5.73 Å². The highest BCUT2D eigenvalue weighted by molar-refractivity contribution is 5.95. The minimum absolute atomic E-state index is 0.123. The second kappa shape index (κ2) is 9.44. The highest BCUT2D eigenvalue weighted by Gasteiger charge is 2.07. The summed E-state index contributed by atoms with van der Waals surface area (Å²) in [5, 5.41) is 5.65. The number of benzene rings is 2. The van der Waals surface area contributed by atoms with E-state index in [1.807, 2.05) is 12.1 Å². The lowest BCUT2D eigenvalue weighted by Gasteiger charge is -2.08. The maximum Gasteiger partial charge on any atom is 0.251 e. The summed E-state index contributed by atoms with van der Waals surface area (Å²) < 4.78 is 5.07. The minimum Gasteiger partial charge on any atom is -0.497 e. The Morgan fingerprint density at radius 2 is 1.48 bits per heavy atom. The molecule has 4 N–H and O–H groups in total. The van der Waals surface area contributed by atoms with Crippen LogP contribution in [-0.4, -0.2) is 32.0 Å². The Bertz CT molecular complexity index is 697. The first-order valence-electron chi connectivity index (χ1n) is 8.13. The van der Waals surface area contributed by atoms with E-state index in [1.165, 1.54) is 0 Å². The highest BCUT2D eigenvalue weighted by Crippen LogP contribution is 2.11. The van der Waals surface area contributed by atoms with E-state index in [0.29, 0.717) is 36.5 Å². The van der Waals surface area contributed by atoms with Crippen LogP contribution >= 0.6 is 0 Å². The minimum atomic E-state index is -0.161. The lowest BCUT2D eigenvalue weighted by molar-refractivity contribution is 0.0943. The van der Waals surface area contributed by atoms with Gasteiger partial charge in [-0.3, -0.25) is 9.59 Å². The first-order valence-corrected chi connectivity index (χ1v) is 8.13. The average Bonchev–Trinajstić information content (AvgIpc) is 2.66. The molecule has 0 aliphatic carbocycles. The molecule has 0 unspecified atom stereocenters. The van der Waals surface area contributed by atoms with Crippen molar-refractivity contribution >= 4 is 11.8 Å². The molecule has 0 bridgehead atoms. The van der Waals surface area contributed by atoms with E-state index in [4.69, 9.17) is 10.5 Å². The van der Waals surface area contributed by atoms with Gasteiger partial charge in [0.25, 0.3) is 11.8 Å². The first-order chi connectivity index (χ1) is 12.1. The van der Waals surface area contributed by atoms with Crippen molar-refractivity contribution in [3.05, 3.63) is 65.2 Å². The second-order valence-corrected chi connectivity index (χ2v) is 5.51. The number of ether oxygens (including phenoxy) is 1. The van der Waals surface area contributed by atoms with Crippen LogP contribution in [0.15, 0.2) is 48.5 Å². The molecule has 2 aromatic carbocycles. The molecule has 0 saturated heterocycles. The van der Waals surface area contributed by atoms with Gasteiger partial charge in [-0.15, -0.1) is 0 Å². The number of rotatable bonds is 8. The Labute approximate surface area is 147 Å². The summed E-state index contributed by atoms with van der Waals surface area (Å²) in [7, 11) is 1.58. The smallest absolute Gasteiger partial charge is 0.251 e. The van der Waals surface area contributed by atoms with Gasteiger partial charge in [0.15, 0.2) is 0 Å². The third-order valence-electron chi connectivity index (χ3n) is 3.69. The number of amides is 2. The van der Waals surface area contributed by atoms with E-state index in [-0.39, 0.29) is 11.8 Å². The van der Waals surface area contributed by atoms with E-state index < -0.39 is 0 Å². The van der Waals surface area contributed by atoms with Crippen LogP contribution in [0, 0.1) is 0 Å². The fraction of sp³-hybridized carbons (Fsp3) is 0.263. The molecule has 0 atom stereocenters. The van der Waals surface area contributed by atoms with Gasteiger partial charge in [0.05, 0.1) is 7.11 Å². The van der Waals surface area contributed by atoms with Crippen LogP contribution in [0.1, 0.15) is 32.7 Å². The summed E-state index contributed by atoms with van der Waals surface area (Å²) in [6.45, 7) is 1.50. The van der Waals surface area contributed by atoms with E-state index in [0.717, 1.165) is 12.0 Å². The molecule has 0 aliphatic heterocycles. The molecule has 132 valence electrons. The lowest BCUT2D eigenvalue weighted by Crippen LogP contribution is -2.26. The van der Waals surface area contributed by atoms with Crippen molar-refractivity contribution in [2.45, 2.75) is 13.0 Å². The molecule has 0 aliphatic rings. The van der Waals surface area contributed by atoms with Gasteiger partial charge >= 0.3 is 0 Å². The van der Waals surface area contributed by atoms with Crippen LogP contribution in [0.4, 0.5) is 0 Å². The zero-order valence-electron chi connectivity index (χ0n) is 14.2. The Morgan fingerprint density at radius 1 is 0.920 bits per heavy atom. The molecule has 6 nitrogen and oxygen atoms in total. The number of hydrogen-bond acceptors (Lipinski definition) is 4. The van der Waals surface area contributed by atoms with Crippen LogP contribution in [0.5, 0.6) is 5.75 Å². The van der Waals surface area contributed by atoms with Gasteiger partial charge in [0.2, 0.25) is 0 Å². The lowest BCUT2D eigenvalue weighted by atomic mass is 10.1. The van der Waals surface area contributed by atoms with Gasteiger partial charge in [-0.1, -0.05) is 12.1 Å². The van der Waals surface area contributed by atoms with Gasteiger partial charge in [0, 0.05) is 24.2 Å². The summed E-state index contributed by atoms with van der Waals surface area (Å²) in [6.07, 6.45) is 0.751. The van der Waals surface area contributed by atoms with Crippen molar-refractivity contribution in [1.82, 2.24) is 10.6 Å². The predicted molar refractivity (Wildman–Crippen MR) is 96.6 cm³/mol. The fourth-order valence-corrected chi connectivity index (χ4v) is 2.21. The van der Waals surface area contributed by atoms with E-state index in [9.17, 15) is 9.59 Å². The van der Waals surface area contributed by atoms with Crippen molar-refractivity contribution in [2.75, 3.05) is 20.2 Å². The van der Waals surface area contributed by atoms with Crippen LogP contribution in [0.3, 0.4) is 0 Å². The fourth-order valence-electron chi connectivity index (χ4n) is 2.21. The molecule has 0 radical (unpaired) electrons. The molecule has 2 amide bonds. The van der Waals surface area contributed by atoms with E-state index in [2.05, 4.69) is 10.6 Å². The summed E-state index contributed by atoms with van der Waals surface area (Å²) in [5.74, 6) is 0.422. The standard InChI is InChI=1S/C19H23N3O3/c1-25-17-9-7-16(8-10-17)19(24)22-13-14-3-5-15(6-4-14)18(23)21-12-2-11-20/h3-10H,2,11-13,20H2,1H3,(H,21,23)(H,22,24). The van der Waals surface area contributed by atoms with Crippen molar-refractivity contribution in [3.8, 4) is 5.75 Å². The largest absolute Gasteiger partial charge is 0.497 e. The van der Waals surface area contributed by atoms with Crippen LogP contribution in [0.2, 0.25) is 0 Å². The molecule has 0 aromatic heterocycles. The molecule has 6 heteroatoms. The number of nitrogens with two attached hydrogens (primary N) is 1. The summed E-state index contributed by atoms with van der Waals surface area (Å²) >= 11 is 0. The quantitative estimate of drug-likeness (QED) is 0.637. The topological polar surface area (TPSA) is 93.4 Å². The number of nitrogens with one attached hydrogen (secondary N) is 2. The van der Waals surface area contributed by atoms with Gasteiger partial charge in [-0.25, -0.2) is 0 Å². The molecule has 2 rings (SSSR count). The Morgan fingerprint density at radius 3 is 2.04 bits per heavy atom. The molecular formula is C19H23N3O3. The van der Waals surface area contributed by atoms with Crippen LogP contribution in [0.25, 0.3) is 0 Å². The molecule has 0 heterocycles. The second-order valence-electron chi connectivity index (χ2n) is 5.51. The number of methoxy groups -OCH3 is 1. The maximum atomic E-state index is 12.1. The van der Waals surface area contributed by atoms with Gasteiger partial charge in [-0.2, -0.15) is 0 Å². The highest BCUT2D eigenvalue weighted by atomic mass is 16.5. The molecule has 0 saturated carbocycles. The normalized spacial score (nSPS) is 10.2. The van der Waals surface area contributed by atoms with Crippen molar-refractivity contribution in [3.63, 3.8) is 0 Å². The number of hydrogen-bond donors (Lipinski definition) is 3. The first kappa shape index (κ1) is 18.5. The van der Waals surface area contributed by atoms with Gasteiger partial charge < -0.3 is 21.1 Å². The zero-order chi connectivity index (χ0) is 18.1. The molecule has 2 aromatic rings. The van der Waals surface area contributed by atoms with Crippen molar-refractivity contribution < 1.29 is 14.3 Å². The number of carbonyl (C=O) groups is 2. The van der Waals surface area contributed by atoms with Gasteiger partial charge in [0.1, 0.15) is 5.75 Å². The molecule has 0 spiro atoms. The number of carbonyl (C=O) groups excluding carboxylic acids is 2. The predicted octanol–water partition coefficient (Wildman–Crippen LogP) is 1.70. The molecular weight excluding hydrogens is 318 g/mol. The Hall–Kier alpha value is -2.86. The summed E-state index contributed by atoms with van der Waals surface area (Å²) in [6, 6.07) is 14.0. The zero-order valence-corrected chi connectivity index (χ0v) is 14.2. The van der Waals surface area contributed by atoms with E-state index >= 15 is 0 Å². The van der Waals surface area contributed by atoms with Crippen LogP contribution < -0.4 is 21.1 Å². The third-order valence-corrected chi connectivity index (χ3v) is 3.69. The molecule has 25 heavy (non-hydrogen) atoms. The SMILES string of the molecule is COc1ccc(C(=O)NCc2ccc(C(=O)NCCCN)cc2)cc1. The molecule has 0 fully saturated rings. The Balaban J connectivity index is 1.86. The van der Waals surface area contributed by atoms with Crippen LogP contribution in [-0.2, 0) is 6.54 Å².